The number of benzene rings is 3. The second-order valence-corrected chi connectivity index (χ2v) is 9.21. The van der Waals surface area contributed by atoms with Crippen molar-refractivity contribution in [1.82, 2.24) is 5.32 Å². The van der Waals surface area contributed by atoms with Crippen LogP contribution in [0.25, 0.3) is 0 Å². The summed E-state index contributed by atoms with van der Waals surface area (Å²) < 4.78 is 115. The van der Waals surface area contributed by atoms with Gasteiger partial charge in [0.1, 0.15) is 11.4 Å². The Balaban J connectivity index is 2.34. The van der Waals surface area contributed by atoms with Crippen LogP contribution in [-0.4, -0.2) is 18.2 Å². The van der Waals surface area contributed by atoms with Crippen LogP contribution in [0, 0.1) is 11.6 Å². The van der Waals surface area contributed by atoms with Gasteiger partial charge in [-0.1, -0.05) is 48.5 Å². The summed E-state index contributed by atoms with van der Waals surface area (Å²) >= 11 is 0. The Morgan fingerprint density at radius 2 is 1.51 bits per heavy atom. The molecule has 39 heavy (non-hydrogen) atoms. The third kappa shape index (κ3) is 7.48. The molecule has 210 valence electrons. The number of para-hydroxylation sites is 1. The molecule has 11 heteroatoms. The lowest BCUT2D eigenvalue weighted by molar-refractivity contribution is -0.144. The molecule has 3 aromatic rings. The highest BCUT2D eigenvalue weighted by Gasteiger charge is 2.43. The van der Waals surface area contributed by atoms with E-state index in [0.717, 1.165) is 12.1 Å². The van der Waals surface area contributed by atoms with Crippen LogP contribution in [0.3, 0.4) is 0 Å². The number of amides is 1. The van der Waals surface area contributed by atoms with E-state index in [1.165, 1.54) is 12.1 Å². The van der Waals surface area contributed by atoms with Gasteiger partial charge in [-0.05, 0) is 37.6 Å². The van der Waals surface area contributed by atoms with E-state index in [0.29, 0.717) is 11.6 Å². The van der Waals surface area contributed by atoms with Gasteiger partial charge in [0.15, 0.2) is 11.6 Å². The molecule has 0 spiro atoms. The van der Waals surface area contributed by atoms with Crippen molar-refractivity contribution in [3.8, 4) is 5.75 Å². The maximum Gasteiger partial charge on any atom is 0.416 e. The van der Waals surface area contributed by atoms with Crippen LogP contribution in [0.2, 0.25) is 0 Å². The fraction of sp³-hybridized carbons (Fsp3) is 0.321. The molecule has 0 aromatic heterocycles. The second kappa shape index (κ2) is 11.6. The number of nitrogens with one attached hydrogen (secondary N) is 1. The van der Waals surface area contributed by atoms with Crippen LogP contribution in [0.1, 0.15) is 48.9 Å². The first-order valence-electron chi connectivity index (χ1n) is 11.9. The van der Waals surface area contributed by atoms with Gasteiger partial charge in [0.25, 0.3) is 0 Å². The van der Waals surface area contributed by atoms with Crippen molar-refractivity contribution in [2.24, 2.45) is 0 Å². The molecule has 0 saturated carbocycles. The van der Waals surface area contributed by atoms with Gasteiger partial charge in [-0.15, -0.1) is 0 Å². The molecular formula is C28H25F8NO2. The Kier molecular flexibility index (Phi) is 8.92. The van der Waals surface area contributed by atoms with Crippen molar-refractivity contribution < 1.29 is 44.7 Å². The van der Waals surface area contributed by atoms with Crippen LogP contribution >= 0.6 is 0 Å². The Hall–Kier alpha value is -3.63. The van der Waals surface area contributed by atoms with Crippen LogP contribution in [0.4, 0.5) is 35.1 Å². The van der Waals surface area contributed by atoms with E-state index in [-0.39, 0.29) is 18.1 Å². The van der Waals surface area contributed by atoms with Gasteiger partial charge in [-0.3, -0.25) is 4.79 Å². The quantitative estimate of drug-likeness (QED) is 0.273. The summed E-state index contributed by atoms with van der Waals surface area (Å²) in [5.41, 5.74) is -3.76. The molecule has 3 aromatic carbocycles. The Morgan fingerprint density at radius 3 is 2.08 bits per heavy atom. The maximum absolute atomic E-state index is 15.6. The second-order valence-electron chi connectivity index (χ2n) is 9.21. The van der Waals surface area contributed by atoms with Gasteiger partial charge in [0, 0.05) is 24.0 Å². The Labute approximate surface area is 219 Å². The van der Waals surface area contributed by atoms with Crippen molar-refractivity contribution in [3.63, 3.8) is 0 Å². The molecule has 0 heterocycles. The minimum Gasteiger partial charge on any atom is -0.488 e. The van der Waals surface area contributed by atoms with E-state index in [1.807, 2.05) is 0 Å². The summed E-state index contributed by atoms with van der Waals surface area (Å²) in [4.78, 5) is 12.9. The molecule has 1 N–H and O–H groups in total. The summed E-state index contributed by atoms with van der Waals surface area (Å²) in [6.45, 7) is 3.13. The highest BCUT2D eigenvalue weighted by molar-refractivity contribution is 5.78. The van der Waals surface area contributed by atoms with Gasteiger partial charge < -0.3 is 10.1 Å². The van der Waals surface area contributed by atoms with Gasteiger partial charge in [0.2, 0.25) is 5.91 Å². The minimum atomic E-state index is -4.90. The lowest BCUT2D eigenvalue weighted by atomic mass is 9.76. The summed E-state index contributed by atoms with van der Waals surface area (Å²) in [5.74, 6) is -3.94. The van der Waals surface area contributed by atoms with Gasteiger partial charge in [0.05, 0.1) is 18.1 Å². The summed E-state index contributed by atoms with van der Waals surface area (Å²) in [5, 5.41) is 2.42. The number of hydrogen-bond donors (Lipinski definition) is 1. The Morgan fingerprint density at radius 1 is 0.846 bits per heavy atom. The van der Waals surface area contributed by atoms with Gasteiger partial charge in [-0.2, -0.15) is 26.3 Å². The first-order valence-corrected chi connectivity index (χ1v) is 11.9. The summed E-state index contributed by atoms with van der Waals surface area (Å²) in [7, 11) is 0. The van der Waals surface area contributed by atoms with Crippen LogP contribution < -0.4 is 10.1 Å². The van der Waals surface area contributed by atoms with E-state index < -0.39 is 71.3 Å². The third-order valence-electron chi connectivity index (χ3n) is 5.84. The monoisotopic (exact) mass is 559 g/mol. The lowest BCUT2D eigenvalue weighted by Gasteiger charge is -2.38. The number of ether oxygens (including phenoxy) is 1. The van der Waals surface area contributed by atoms with Crippen LogP contribution in [0.5, 0.6) is 5.75 Å². The number of rotatable bonds is 9. The number of carbonyl (C=O) groups is 1. The molecule has 0 aliphatic heterocycles. The topological polar surface area (TPSA) is 38.3 Å². The molecule has 1 amide bonds. The van der Waals surface area contributed by atoms with Crippen LogP contribution in [-0.2, 0) is 22.9 Å². The van der Waals surface area contributed by atoms with Crippen molar-refractivity contribution in [2.75, 3.05) is 0 Å². The molecule has 0 fully saturated rings. The maximum atomic E-state index is 15.6. The average molecular weight is 559 g/mol. The van der Waals surface area contributed by atoms with Crippen LogP contribution in [0.15, 0.2) is 66.7 Å². The third-order valence-corrected chi connectivity index (χ3v) is 5.84. The zero-order chi connectivity index (χ0) is 29.0. The normalized spacial score (nSPS) is 13.7. The molecule has 0 saturated heterocycles. The van der Waals surface area contributed by atoms with Crippen molar-refractivity contribution in [3.05, 3.63) is 101 Å². The number of hydrogen-bond acceptors (Lipinski definition) is 2. The largest absolute Gasteiger partial charge is 0.488 e. The first kappa shape index (κ1) is 29.9. The molecule has 0 aliphatic carbocycles. The smallest absolute Gasteiger partial charge is 0.416 e. The van der Waals surface area contributed by atoms with E-state index in [9.17, 15) is 31.1 Å². The molecule has 3 nitrogen and oxygen atoms in total. The fourth-order valence-corrected chi connectivity index (χ4v) is 4.21. The Bertz CT molecular complexity index is 1290. The number of carbonyl (C=O) groups excluding carboxylic acids is 1. The van der Waals surface area contributed by atoms with Gasteiger partial charge in [-0.25, -0.2) is 8.78 Å². The molecule has 0 bridgehead atoms. The number of alkyl halides is 6. The van der Waals surface area contributed by atoms with E-state index in [4.69, 9.17) is 4.74 Å². The SMILES string of the molecule is CC(C)Oc1c(F)cccc1C(Cc1ccccc1)(NC(=O)CCC(F)(F)F)c1ccc(C(F)(F)F)cc1F. The summed E-state index contributed by atoms with van der Waals surface area (Å²) in [6, 6.07) is 13.1. The molecule has 1 atom stereocenters. The lowest BCUT2D eigenvalue weighted by Crippen LogP contribution is -2.49. The number of halogens is 8. The zero-order valence-electron chi connectivity index (χ0n) is 20.9. The molecular weight excluding hydrogens is 534 g/mol. The molecule has 0 radical (unpaired) electrons. The fourth-order valence-electron chi connectivity index (χ4n) is 4.21. The predicted molar refractivity (Wildman–Crippen MR) is 128 cm³/mol. The molecule has 3 rings (SSSR count). The molecule has 0 aliphatic rings. The standard InChI is InChI=1S/C28H25F8NO2/c1-17(2)39-25-21(9-6-10-22(25)29)26(16-18-7-4-3-5-8-18,37-24(38)13-14-27(31,32)33)20-12-11-19(15-23(20)30)28(34,35)36/h3-12,15,17H,13-14,16H2,1-2H3,(H,37,38). The van der Waals surface area contributed by atoms with Crippen molar-refractivity contribution in [2.45, 2.75) is 57.1 Å². The van der Waals surface area contributed by atoms with Crippen molar-refractivity contribution >= 4 is 5.91 Å². The highest BCUT2D eigenvalue weighted by Crippen LogP contribution is 2.43. The summed E-state index contributed by atoms with van der Waals surface area (Å²) in [6.07, 6.45) is -13.1. The minimum absolute atomic E-state index is 0.181. The predicted octanol–water partition coefficient (Wildman–Crippen LogP) is 7.72. The van der Waals surface area contributed by atoms with E-state index >= 15 is 8.78 Å². The zero-order valence-corrected chi connectivity index (χ0v) is 20.9. The average Bonchev–Trinajstić information content (AvgIpc) is 2.83. The molecule has 1 unspecified atom stereocenters. The highest BCUT2D eigenvalue weighted by atomic mass is 19.4. The van der Waals surface area contributed by atoms with E-state index in [2.05, 4.69) is 5.32 Å². The van der Waals surface area contributed by atoms with Gasteiger partial charge >= 0.3 is 12.4 Å². The van der Waals surface area contributed by atoms with E-state index in [1.54, 1.807) is 44.2 Å². The first-order chi connectivity index (χ1) is 18.1. The van der Waals surface area contributed by atoms with Crippen molar-refractivity contribution in [1.29, 1.82) is 0 Å².